The minimum atomic E-state index is 0.287. The van der Waals surface area contributed by atoms with Crippen LogP contribution in [0.4, 0.5) is 0 Å². The fourth-order valence-corrected chi connectivity index (χ4v) is 4.43. The van der Waals surface area contributed by atoms with Crippen LogP contribution in [0.5, 0.6) is 0 Å². The van der Waals surface area contributed by atoms with Gasteiger partial charge in [-0.2, -0.15) is 0 Å². The third-order valence-corrected chi connectivity index (χ3v) is 5.64. The van der Waals surface area contributed by atoms with Crippen molar-refractivity contribution < 1.29 is 0 Å². The number of thiophene rings is 1. The molecule has 0 saturated heterocycles. The van der Waals surface area contributed by atoms with E-state index >= 15 is 0 Å². The number of hydrogen-bond acceptors (Lipinski definition) is 2. The topological polar surface area (TPSA) is 12.0 Å². The van der Waals surface area contributed by atoms with Gasteiger partial charge in [0, 0.05) is 6.04 Å². The number of nitrogens with one attached hydrogen (secondary N) is 1. The fraction of sp³-hybridized carbons (Fsp3) is 0.714. The van der Waals surface area contributed by atoms with Gasteiger partial charge < -0.3 is 5.32 Å². The first-order valence-corrected chi connectivity index (χ1v) is 8.33. The van der Waals surface area contributed by atoms with Crippen LogP contribution >= 0.6 is 34.5 Å². The van der Waals surface area contributed by atoms with E-state index in [-0.39, 0.29) is 6.04 Å². The van der Waals surface area contributed by atoms with Gasteiger partial charge in [0.2, 0.25) is 0 Å². The zero-order valence-corrected chi connectivity index (χ0v) is 13.3. The van der Waals surface area contributed by atoms with Gasteiger partial charge in [-0.25, -0.2) is 0 Å². The fourth-order valence-electron chi connectivity index (χ4n) is 2.78. The van der Waals surface area contributed by atoms with Crippen molar-refractivity contribution in [1.29, 1.82) is 0 Å². The molecule has 0 aromatic carbocycles. The van der Waals surface area contributed by atoms with E-state index in [0.717, 1.165) is 32.6 Å². The van der Waals surface area contributed by atoms with Crippen molar-refractivity contribution in [1.82, 2.24) is 5.32 Å². The van der Waals surface area contributed by atoms with Crippen molar-refractivity contribution in [2.24, 2.45) is 11.8 Å². The molecule has 0 bridgehead atoms. The Labute approximate surface area is 124 Å². The highest BCUT2D eigenvalue weighted by atomic mass is 35.5. The summed E-state index contributed by atoms with van der Waals surface area (Å²) in [5, 5.41) is 3.62. The zero-order valence-electron chi connectivity index (χ0n) is 11.0. The molecule has 0 radical (unpaired) electrons. The Hall–Kier alpha value is 0.240. The average Bonchev–Trinajstić information content (AvgIpc) is 2.67. The van der Waals surface area contributed by atoms with Crippen molar-refractivity contribution in [2.45, 2.75) is 45.6 Å². The molecule has 1 nitrogen and oxygen atoms in total. The molecule has 1 aromatic rings. The lowest BCUT2D eigenvalue weighted by atomic mass is 9.80. The Kier molecular flexibility index (Phi) is 5.37. The lowest BCUT2D eigenvalue weighted by molar-refractivity contribution is 0.242. The first-order chi connectivity index (χ1) is 8.58. The van der Waals surface area contributed by atoms with Crippen molar-refractivity contribution in [3.63, 3.8) is 0 Å². The summed E-state index contributed by atoms with van der Waals surface area (Å²) in [6.07, 6.45) is 5.53. The van der Waals surface area contributed by atoms with Gasteiger partial charge in [0.25, 0.3) is 0 Å². The lowest BCUT2D eigenvalue weighted by Gasteiger charge is -2.30. The second-order valence-corrected chi connectivity index (χ2v) is 7.72. The van der Waals surface area contributed by atoms with Gasteiger partial charge in [-0.3, -0.25) is 0 Å². The number of rotatable bonds is 4. The van der Waals surface area contributed by atoms with E-state index < -0.39 is 0 Å². The van der Waals surface area contributed by atoms with Gasteiger partial charge in [0.15, 0.2) is 0 Å². The Bertz CT molecular complexity index is 391. The summed E-state index contributed by atoms with van der Waals surface area (Å²) >= 11 is 13.6. The Morgan fingerprint density at radius 1 is 1.39 bits per heavy atom. The van der Waals surface area contributed by atoms with Gasteiger partial charge in [0.05, 0.1) is 8.67 Å². The molecule has 2 rings (SSSR count). The summed E-state index contributed by atoms with van der Waals surface area (Å²) in [6.45, 7) is 5.63. The molecule has 4 heteroatoms. The summed E-state index contributed by atoms with van der Waals surface area (Å²) in [7, 11) is 0. The molecule has 0 spiro atoms. The molecule has 3 atom stereocenters. The minimum absolute atomic E-state index is 0.287. The Morgan fingerprint density at radius 2 is 2.11 bits per heavy atom. The van der Waals surface area contributed by atoms with Gasteiger partial charge >= 0.3 is 0 Å². The van der Waals surface area contributed by atoms with E-state index in [4.69, 9.17) is 23.2 Å². The second-order valence-electron chi connectivity index (χ2n) is 5.43. The lowest BCUT2D eigenvalue weighted by Crippen LogP contribution is -2.31. The van der Waals surface area contributed by atoms with E-state index in [1.165, 1.54) is 37.0 Å². The van der Waals surface area contributed by atoms with E-state index in [2.05, 4.69) is 19.2 Å². The van der Waals surface area contributed by atoms with E-state index in [9.17, 15) is 0 Å². The third kappa shape index (κ3) is 3.63. The maximum Gasteiger partial charge on any atom is 0.0991 e. The molecule has 102 valence electrons. The molecular formula is C14H21Cl2NS. The van der Waals surface area contributed by atoms with Crippen LogP contribution < -0.4 is 5.32 Å². The summed E-state index contributed by atoms with van der Waals surface area (Å²) in [6, 6.07) is 2.27. The molecule has 1 heterocycles. The van der Waals surface area contributed by atoms with E-state index in [1.54, 1.807) is 0 Å². The molecule has 1 aliphatic rings. The number of halogens is 2. The predicted octanol–water partition coefficient (Wildman–Crippen LogP) is 5.53. The normalized spacial score (nSPS) is 26.2. The molecule has 1 fully saturated rings. The van der Waals surface area contributed by atoms with Crippen molar-refractivity contribution in [3.8, 4) is 0 Å². The monoisotopic (exact) mass is 305 g/mol. The summed E-state index contributed by atoms with van der Waals surface area (Å²) in [5.41, 5.74) is 1.13. The van der Waals surface area contributed by atoms with Gasteiger partial charge in [-0.05, 0) is 43.4 Å². The molecule has 1 aliphatic carbocycles. The zero-order chi connectivity index (χ0) is 13.1. The highest BCUT2D eigenvalue weighted by Gasteiger charge is 2.22. The molecule has 18 heavy (non-hydrogen) atoms. The minimum Gasteiger partial charge on any atom is -0.310 e. The van der Waals surface area contributed by atoms with Gasteiger partial charge in [0.1, 0.15) is 0 Å². The molecule has 1 N–H and O–H groups in total. The molecule has 0 aliphatic heterocycles. The van der Waals surface area contributed by atoms with Crippen molar-refractivity contribution >= 4 is 34.5 Å². The van der Waals surface area contributed by atoms with Crippen molar-refractivity contribution in [2.75, 3.05) is 6.54 Å². The maximum atomic E-state index is 6.18. The molecule has 1 saturated carbocycles. The average molecular weight is 306 g/mol. The summed E-state index contributed by atoms with van der Waals surface area (Å²) in [4.78, 5) is 0. The van der Waals surface area contributed by atoms with Crippen LogP contribution in [0, 0.1) is 11.8 Å². The maximum absolute atomic E-state index is 6.18. The largest absolute Gasteiger partial charge is 0.310 e. The second kappa shape index (κ2) is 6.60. The van der Waals surface area contributed by atoms with Crippen LogP contribution in [0.1, 0.15) is 51.1 Å². The quantitative estimate of drug-likeness (QED) is 0.771. The van der Waals surface area contributed by atoms with Crippen LogP contribution in [0.3, 0.4) is 0 Å². The highest BCUT2D eigenvalue weighted by Crippen LogP contribution is 2.35. The van der Waals surface area contributed by atoms with Crippen LogP contribution in [0.2, 0.25) is 8.67 Å². The van der Waals surface area contributed by atoms with Crippen LogP contribution in [-0.2, 0) is 0 Å². The molecular weight excluding hydrogens is 285 g/mol. The summed E-state index contributed by atoms with van der Waals surface area (Å²) in [5.74, 6) is 1.66. The van der Waals surface area contributed by atoms with Gasteiger partial charge in [-0.15, -0.1) is 11.3 Å². The van der Waals surface area contributed by atoms with Crippen molar-refractivity contribution in [3.05, 3.63) is 20.3 Å². The molecule has 1 aromatic heterocycles. The van der Waals surface area contributed by atoms with Gasteiger partial charge in [-0.1, -0.05) is 49.4 Å². The Morgan fingerprint density at radius 3 is 2.72 bits per heavy atom. The standard InChI is InChI=1S/C14H21Cl2NS/c1-9-5-3-4-6-11(9)8-17-10(2)12-7-13(15)18-14(12)16/h7,9-11,17H,3-6,8H2,1-2H3. The smallest absolute Gasteiger partial charge is 0.0991 e. The van der Waals surface area contributed by atoms with Crippen LogP contribution in [-0.4, -0.2) is 6.54 Å². The van der Waals surface area contributed by atoms with E-state index in [0.29, 0.717) is 0 Å². The molecule has 3 unspecified atom stereocenters. The van der Waals surface area contributed by atoms with E-state index in [1.807, 2.05) is 6.07 Å². The number of hydrogen-bond donors (Lipinski definition) is 1. The Balaban J connectivity index is 1.87. The predicted molar refractivity (Wildman–Crippen MR) is 81.9 cm³/mol. The van der Waals surface area contributed by atoms with Crippen LogP contribution in [0.15, 0.2) is 6.07 Å². The first kappa shape index (κ1) is 14.6. The molecule has 0 amide bonds. The van der Waals surface area contributed by atoms with Crippen LogP contribution in [0.25, 0.3) is 0 Å². The SMILES string of the molecule is CC(NCC1CCCCC1C)c1cc(Cl)sc1Cl. The highest BCUT2D eigenvalue weighted by molar-refractivity contribution is 7.20. The third-order valence-electron chi connectivity index (χ3n) is 4.12. The first-order valence-electron chi connectivity index (χ1n) is 6.76. The summed E-state index contributed by atoms with van der Waals surface area (Å²) < 4.78 is 1.59.